The van der Waals surface area contributed by atoms with E-state index in [0.717, 1.165) is 23.2 Å². The zero-order valence-corrected chi connectivity index (χ0v) is 14.1. The van der Waals surface area contributed by atoms with Gasteiger partial charge in [-0.1, -0.05) is 43.3 Å². The van der Waals surface area contributed by atoms with Gasteiger partial charge in [0.15, 0.2) is 5.13 Å². The van der Waals surface area contributed by atoms with Crippen LogP contribution in [0.1, 0.15) is 18.1 Å². The van der Waals surface area contributed by atoms with Crippen LogP contribution in [-0.2, 0) is 17.6 Å². The number of anilines is 1. The molecule has 0 saturated carbocycles. The zero-order valence-electron chi connectivity index (χ0n) is 13.3. The Morgan fingerprint density at radius 1 is 1.08 bits per heavy atom. The van der Waals surface area contributed by atoms with E-state index in [1.165, 1.54) is 16.9 Å². The van der Waals surface area contributed by atoms with Crippen LogP contribution in [0.3, 0.4) is 0 Å². The number of hydrogen-bond acceptors (Lipinski definition) is 4. The summed E-state index contributed by atoms with van der Waals surface area (Å²) in [7, 11) is 0. The quantitative estimate of drug-likeness (QED) is 0.731. The first kappa shape index (κ1) is 16.2. The fraction of sp³-hybridized carbons (Fsp3) is 0.158. The third-order valence-corrected chi connectivity index (χ3v) is 4.47. The number of aromatic nitrogens is 1. The molecule has 2 aromatic carbocycles. The average Bonchev–Trinajstić information content (AvgIpc) is 3.05. The van der Waals surface area contributed by atoms with Crippen molar-refractivity contribution < 1.29 is 9.90 Å². The molecule has 0 fully saturated rings. The summed E-state index contributed by atoms with van der Waals surface area (Å²) in [6, 6.07) is 14.9. The Morgan fingerprint density at radius 2 is 1.75 bits per heavy atom. The number of phenols is 1. The fourth-order valence-corrected chi connectivity index (χ4v) is 3.07. The van der Waals surface area contributed by atoms with Gasteiger partial charge in [0.1, 0.15) is 5.75 Å². The summed E-state index contributed by atoms with van der Waals surface area (Å²) >= 11 is 1.41. The summed E-state index contributed by atoms with van der Waals surface area (Å²) in [5, 5.41) is 14.6. The van der Waals surface area contributed by atoms with Crippen molar-refractivity contribution in [3.63, 3.8) is 0 Å². The second-order valence-corrected chi connectivity index (χ2v) is 6.34. The van der Waals surface area contributed by atoms with Gasteiger partial charge in [-0.25, -0.2) is 4.98 Å². The van der Waals surface area contributed by atoms with Gasteiger partial charge in [0.2, 0.25) is 5.91 Å². The van der Waals surface area contributed by atoms with Crippen LogP contribution >= 0.6 is 11.3 Å². The number of carbonyl (C=O) groups excluding carboxylic acids is 1. The first-order chi connectivity index (χ1) is 11.6. The molecule has 0 spiro atoms. The van der Waals surface area contributed by atoms with Crippen LogP contribution in [0.15, 0.2) is 53.9 Å². The van der Waals surface area contributed by atoms with Gasteiger partial charge in [-0.15, -0.1) is 11.3 Å². The lowest BCUT2D eigenvalue weighted by molar-refractivity contribution is -0.115. The average molecular weight is 338 g/mol. The molecule has 0 bridgehead atoms. The molecular weight excluding hydrogens is 320 g/mol. The maximum atomic E-state index is 12.1. The molecule has 24 heavy (non-hydrogen) atoms. The molecule has 0 radical (unpaired) electrons. The van der Waals surface area contributed by atoms with Crippen molar-refractivity contribution >= 4 is 22.4 Å². The van der Waals surface area contributed by atoms with Crippen LogP contribution in [0, 0.1) is 0 Å². The van der Waals surface area contributed by atoms with Crippen LogP contribution in [-0.4, -0.2) is 16.0 Å². The number of aromatic hydroxyl groups is 1. The molecule has 0 aliphatic heterocycles. The van der Waals surface area contributed by atoms with Crippen molar-refractivity contribution in [2.24, 2.45) is 0 Å². The van der Waals surface area contributed by atoms with Crippen molar-refractivity contribution in [2.75, 3.05) is 5.32 Å². The smallest absolute Gasteiger partial charge is 0.230 e. The lowest BCUT2D eigenvalue weighted by Crippen LogP contribution is -2.14. The van der Waals surface area contributed by atoms with Crippen molar-refractivity contribution in [1.29, 1.82) is 0 Å². The number of thiazole rings is 1. The monoisotopic (exact) mass is 338 g/mol. The summed E-state index contributed by atoms with van der Waals surface area (Å²) in [5.74, 6) is 0.0701. The number of carbonyl (C=O) groups is 1. The van der Waals surface area contributed by atoms with E-state index in [1.54, 1.807) is 24.3 Å². The Balaban J connectivity index is 1.64. The van der Waals surface area contributed by atoms with Gasteiger partial charge in [0.05, 0.1) is 12.1 Å². The van der Waals surface area contributed by atoms with Gasteiger partial charge in [-0.2, -0.15) is 0 Å². The molecule has 122 valence electrons. The molecule has 3 aromatic rings. The summed E-state index contributed by atoms with van der Waals surface area (Å²) in [4.78, 5) is 16.6. The Bertz CT molecular complexity index is 823. The van der Waals surface area contributed by atoms with Gasteiger partial charge >= 0.3 is 0 Å². The van der Waals surface area contributed by atoms with E-state index >= 15 is 0 Å². The van der Waals surface area contributed by atoms with E-state index in [4.69, 9.17) is 0 Å². The van der Waals surface area contributed by atoms with E-state index in [2.05, 4.69) is 41.5 Å². The highest BCUT2D eigenvalue weighted by Crippen LogP contribution is 2.25. The van der Waals surface area contributed by atoms with Crippen LogP contribution in [0.25, 0.3) is 11.3 Å². The number of rotatable bonds is 5. The first-order valence-electron chi connectivity index (χ1n) is 7.76. The molecule has 0 unspecified atom stereocenters. The van der Waals surface area contributed by atoms with Gasteiger partial charge in [0.25, 0.3) is 0 Å². The number of nitrogens with one attached hydrogen (secondary N) is 1. The predicted octanol–water partition coefficient (Wildman–Crippen LogP) is 4.26. The third-order valence-electron chi connectivity index (χ3n) is 3.71. The highest BCUT2D eigenvalue weighted by Gasteiger charge is 2.09. The van der Waals surface area contributed by atoms with Crippen LogP contribution in [0.4, 0.5) is 5.13 Å². The Hall–Kier alpha value is -2.66. The van der Waals surface area contributed by atoms with Gasteiger partial charge < -0.3 is 10.4 Å². The first-order valence-corrected chi connectivity index (χ1v) is 8.64. The zero-order chi connectivity index (χ0) is 16.9. The van der Waals surface area contributed by atoms with Crippen molar-refractivity contribution in [2.45, 2.75) is 19.8 Å². The highest BCUT2D eigenvalue weighted by molar-refractivity contribution is 7.14. The fourth-order valence-electron chi connectivity index (χ4n) is 2.34. The molecule has 1 heterocycles. The normalized spacial score (nSPS) is 10.5. The predicted molar refractivity (Wildman–Crippen MR) is 97.4 cm³/mol. The van der Waals surface area contributed by atoms with Crippen molar-refractivity contribution in [3.05, 3.63) is 65.0 Å². The minimum atomic E-state index is -0.122. The van der Waals surface area contributed by atoms with Gasteiger partial charge in [-0.3, -0.25) is 4.79 Å². The molecule has 0 saturated heterocycles. The number of hydrogen-bond donors (Lipinski definition) is 2. The SMILES string of the molecule is CCc1ccc(-c2csc(NC(=O)Cc3ccc(O)cc3)n2)cc1. The largest absolute Gasteiger partial charge is 0.508 e. The van der Waals surface area contributed by atoms with E-state index in [1.807, 2.05) is 5.38 Å². The van der Waals surface area contributed by atoms with Gasteiger partial charge in [-0.05, 0) is 29.7 Å². The van der Waals surface area contributed by atoms with E-state index in [0.29, 0.717) is 5.13 Å². The van der Waals surface area contributed by atoms with E-state index in [9.17, 15) is 9.90 Å². The minimum Gasteiger partial charge on any atom is -0.508 e. The summed E-state index contributed by atoms with van der Waals surface area (Å²) < 4.78 is 0. The van der Waals surface area contributed by atoms with E-state index < -0.39 is 0 Å². The minimum absolute atomic E-state index is 0.122. The summed E-state index contributed by atoms with van der Waals surface area (Å²) in [6.07, 6.45) is 1.26. The molecule has 1 amide bonds. The van der Waals surface area contributed by atoms with Crippen molar-refractivity contribution in [1.82, 2.24) is 4.98 Å². The lowest BCUT2D eigenvalue weighted by atomic mass is 10.1. The van der Waals surface area contributed by atoms with Gasteiger partial charge in [0, 0.05) is 10.9 Å². The summed E-state index contributed by atoms with van der Waals surface area (Å²) in [6.45, 7) is 2.12. The number of aryl methyl sites for hydroxylation is 1. The molecule has 0 aliphatic carbocycles. The molecule has 5 heteroatoms. The van der Waals surface area contributed by atoms with E-state index in [-0.39, 0.29) is 18.1 Å². The second kappa shape index (κ2) is 7.27. The standard InChI is InChI=1S/C19H18N2O2S/c1-2-13-3-7-15(8-4-13)17-12-24-19(20-17)21-18(23)11-14-5-9-16(22)10-6-14/h3-10,12,22H,2,11H2,1H3,(H,20,21,23). The molecule has 2 N–H and O–H groups in total. The topological polar surface area (TPSA) is 62.2 Å². The molecule has 0 aliphatic rings. The van der Waals surface area contributed by atoms with Crippen molar-refractivity contribution in [3.8, 4) is 17.0 Å². The number of amides is 1. The van der Waals surface area contributed by atoms with Crippen LogP contribution in [0.2, 0.25) is 0 Å². The lowest BCUT2D eigenvalue weighted by Gasteiger charge is -2.02. The number of nitrogens with zero attached hydrogens (tertiary/aromatic N) is 1. The molecule has 1 aromatic heterocycles. The molecule has 4 nitrogen and oxygen atoms in total. The Labute approximate surface area is 144 Å². The van der Waals surface area contributed by atoms with Crippen LogP contribution in [0.5, 0.6) is 5.75 Å². The van der Waals surface area contributed by atoms with Crippen LogP contribution < -0.4 is 5.32 Å². The Kier molecular flexibility index (Phi) is 4.91. The molecular formula is C19H18N2O2S. The summed E-state index contributed by atoms with van der Waals surface area (Å²) in [5.41, 5.74) is 4.04. The number of benzene rings is 2. The number of phenolic OH excluding ortho intramolecular Hbond substituents is 1. The Morgan fingerprint density at radius 3 is 2.42 bits per heavy atom. The molecule has 0 atom stereocenters. The molecule has 3 rings (SSSR count). The maximum Gasteiger partial charge on any atom is 0.230 e. The third kappa shape index (κ3) is 4.00. The highest BCUT2D eigenvalue weighted by atomic mass is 32.1. The maximum absolute atomic E-state index is 12.1. The second-order valence-electron chi connectivity index (χ2n) is 5.48.